The van der Waals surface area contributed by atoms with Gasteiger partial charge >= 0.3 is 11.9 Å². The topological polar surface area (TPSA) is 65.0 Å². The van der Waals surface area contributed by atoms with E-state index in [4.69, 9.17) is 32.7 Å². The molecule has 0 amide bonds. The number of halogens is 2. The summed E-state index contributed by atoms with van der Waals surface area (Å²) in [6, 6.07) is 0. The van der Waals surface area contributed by atoms with Gasteiger partial charge in [0.1, 0.15) is 5.50 Å². The average Bonchev–Trinajstić information content (AvgIpc) is 2.22. The van der Waals surface area contributed by atoms with Gasteiger partial charge in [-0.15, -0.1) is 0 Å². The van der Waals surface area contributed by atoms with Crippen LogP contribution in [0.1, 0.15) is 20.8 Å². The third-order valence-electron chi connectivity index (χ3n) is 2.31. The molecule has 0 fully saturated rings. The van der Waals surface area contributed by atoms with Gasteiger partial charge in [-0.25, -0.2) is 0 Å². The molecule has 1 heterocycles. The van der Waals surface area contributed by atoms with Crippen molar-refractivity contribution in [2.75, 3.05) is 0 Å². The Morgan fingerprint density at radius 2 is 1.83 bits per heavy atom. The molecule has 0 saturated heterocycles. The Morgan fingerprint density at radius 3 is 2.28 bits per heavy atom. The molecule has 5 nitrogen and oxygen atoms in total. The van der Waals surface area contributed by atoms with E-state index in [1.54, 1.807) is 6.92 Å². The van der Waals surface area contributed by atoms with Crippen LogP contribution in [-0.4, -0.2) is 29.9 Å². The number of carbonyl (C=O) groups is 2. The van der Waals surface area contributed by atoms with E-state index in [9.17, 15) is 9.59 Å². The number of carbonyl (C=O) groups excluding carboxylic acids is 2. The maximum atomic E-state index is 11.0. The quantitative estimate of drug-likeness (QED) is 0.346. The molecule has 7 heteroatoms. The largest absolute Gasteiger partial charge is 0.421 e. The molecule has 0 N–H and O–H groups in total. The van der Waals surface area contributed by atoms with Gasteiger partial charge in [-0.1, -0.05) is 30.1 Å². The molecule has 1 aliphatic heterocycles. The monoisotopic (exact) mass is 293 g/mol. The zero-order chi connectivity index (χ0) is 13.9. The lowest BCUT2D eigenvalue weighted by molar-refractivity contribution is -0.179. The summed E-state index contributed by atoms with van der Waals surface area (Å²) in [6.45, 7) is 4.18. The van der Waals surface area contributed by atoms with Gasteiger partial charge in [0.25, 0.3) is 6.29 Å². The summed E-state index contributed by atoms with van der Waals surface area (Å²) in [4.78, 5) is 26.0. The summed E-state index contributed by atoms with van der Waals surface area (Å²) in [5.74, 6) is -1.48. The smallest absolute Gasteiger partial charge is 0.305 e. The molecule has 0 radical (unpaired) electrons. The second-order valence-corrected chi connectivity index (χ2v) is 4.65. The van der Waals surface area contributed by atoms with E-state index in [1.165, 1.54) is 20.1 Å². The van der Waals surface area contributed by atoms with Gasteiger partial charge in [-0.3, -0.25) is 14.6 Å². The standard InChI is InChI=1S/C11H13Cl2NO4/c1-5-9(8(12)4-14-10(5)13)11(17-6(2)15)18-7(3)16/h4-5,10-11H,1-3H3. The SMILES string of the molecule is CC(=O)OC(OC(C)=O)C1=C(Cl)C=NC(Cl)C1C. The molecule has 0 aromatic carbocycles. The average molecular weight is 294 g/mol. The van der Waals surface area contributed by atoms with Gasteiger partial charge < -0.3 is 9.47 Å². The minimum absolute atomic E-state index is 0.256. The maximum absolute atomic E-state index is 11.0. The number of esters is 2. The van der Waals surface area contributed by atoms with E-state index in [0.29, 0.717) is 5.57 Å². The highest BCUT2D eigenvalue weighted by molar-refractivity contribution is 6.40. The van der Waals surface area contributed by atoms with E-state index >= 15 is 0 Å². The lowest BCUT2D eigenvalue weighted by Gasteiger charge is -2.28. The summed E-state index contributed by atoms with van der Waals surface area (Å²) in [7, 11) is 0. The first-order valence-electron chi connectivity index (χ1n) is 5.24. The normalized spacial score (nSPS) is 23.2. The third kappa shape index (κ3) is 3.71. The van der Waals surface area contributed by atoms with Crippen LogP contribution in [0.25, 0.3) is 0 Å². The van der Waals surface area contributed by atoms with E-state index in [1.807, 2.05) is 0 Å². The van der Waals surface area contributed by atoms with Crippen molar-refractivity contribution in [2.24, 2.45) is 10.9 Å². The van der Waals surface area contributed by atoms with Crippen molar-refractivity contribution in [2.45, 2.75) is 32.6 Å². The van der Waals surface area contributed by atoms with Crippen LogP contribution in [0.5, 0.6) is 0 Å². The molecule has 18 heavy (non-hydrogen) atoms. The minimum atomic E-state index is -1.17. The molecular weight excluding hydrogens is 281 g/mol. The summed E-state index contributed by atoms with van der Waals surface area (Å²) >= 11 is 12.0. The first-order valence-corrected chi connectivity index (χ1v) is 6.05. The number of ether oxygens (including phenoxy) is 2. The molecule has 0 aliphatic carbocycles. The van der Waals surface area contributed by atoms with Gasteiger partial charge in [0.05, 0.1) is 5.03 Å². The lowest BCUT2D eigenvalue weighted by Crippen LogP contribution is -2.32. The van der Waals surface area contributed by atoms with Crippen molar-refractivity contribution in [1.29, 1.82) is 0 Å². The van der Waals surface area contributed by atoms with Crippen LogP contribution in [0.15, 0.2) is 15.6 Å². The molecule has 0 aromatic rings. The summed E-state index contributed by atoms with van der Waals surface area (Å²) in [5.41, 5.74) is -0.117. The molecule has 1 aliphatic rings. The number of dihydropyridines is 1. The van der Waals surface area contributed by atoms with Crippen LogP contribution in [0.2, 0.25) is 0 Å². The molecule has 0 aromatic heterocycles. The van der Waals surface area contributed by atoms with Crippen molar-refractivity contribution in [3.8, 4) is 0 Å². The van der Waals surface area contributed by atoms with Gasteiger partial charge in [-0.2, -0.15) is 0 Å². The number of rotatable bonds is 3. The Kier molecular flexibility index (Phi) is 5.16. The Morgan fingerprint density at radius 1 is 1.33 bits per heavy atom. The number of hydrogen-bond donors (Lipinski definition) is 0. The van der Waals surface area contributed by atoms with Crippen LogP contribution >= 0.6 is 23.2 Å². The molecular formula is C11H13Cl2NO4. The van der Waals surface area contributed by atoms with Gasteiger partial charge in [0.15, 0.2) is 0 Å². The Hall–Kier alpha value is -1.07. The fourth-order valence-electron chi connectivity index (χ4n) is 1.49. The van der Waals surface area contributed by atoms with Crippen molar-refractivity contribution in [3.05, 3.63) is 10.6 Å². The molecule has 2 unspecified atom stereocenters. The van der Waals surface area contributed by atoms with Gasteiger partial charge in [0.2, 0.25) is 0 Å². The van der Waals surface area contributed by atoms with Crippen LogP contribution in [-0.2, 0) is 19.1 Å². The van der Waals surface area contributed by atoms with Gasteiger partial charge in [0, 0.05) is 31.6 Å². The van der Waals surface area contributed by atoms with E-state index < -0.39 is 23.7 Å². The number of allylic oxidation sites excluding steroid dienone is 1. The highest BCUT2D eigenvalue weighted by Crippen LogP contribution is 2.32. The first-order chi connectivity index (χ1) is 8.32. The Labute approximate surface area is 115 Å². The van der Waals surface area contributed by atoms with Crippen LogP contribution in [0, 0.1) is 5.92 Å². The van der Waals surface area contributed by atoms with Crippen LogP contribution in [0.3, 0.4) is 0 Å². The fraction of sp³-hybridized carbons (Fsp3) is 0.545. The van der Waals surface area contributed by atoms with E-state index in [-0.39, 0.29) is 11.0 Å². The summed E-state index contributed by atoms with van der Waals surface area (Å²) in [5, 5.41) is 0.256. The van der Waals surface area contributed by atoms with Crippen LogP contribution in [0.4, 0.5) is 0 Å². The molecule has 2 atom stereocenters. The summed E-state index contributed by atoms with van der Waals surface area (Å²) < 4.78 is 9.89. The zero-order valence-corrected chi connectivity index (χ0v) is 11.7. The molecule has 1 rings (SSSR count). The third-order valence-corrected chi connectivity index (χ3v) is 3.12. The Bertz CT molecular complexity index is 403. The highest BCUT2D eigenvalue weighted by atomic mass is 35.5. The minimum Gasteiger partial charge on any atom is -0.421 e. The van der Waals surface area contributed by atoms with Crippen LogP contribution < -0.4 is 0 Å². The van der Waals surface area contributed by atoms with Crippen molar-refractivity contribution >= 4 is 41.4 Å². The molecule has 0 bridgehead atoms. The number of alkyl halides is 1. The lowest BCUT2D eigenvalue weighted by atomic mass is 9.98. The van der Waals surface area contributed by atoms with E-state index in [0.717, 1.165) is 0 Å². The predicted molar refractivity (Wildman–Crippen MR) is 67.5 cm³/mol. The molecule has 0 spiro atoms. The van der Waals surface area contributed by atoms with Gasteiger partial charge in [-0.05, 0) is 0 Å². The number of nitrogens with zero attached hydrogens (tertiary/aromatic N) is 1. The predicted octanol–water partition coefficient (Wildman–Crippen LogP) is 2.22. The molecule has 0 saturated carbocycles. The molecule has 100 valence electrons. The fourth-order valence-corrected chi connectivity index (χ4v) is 2.00. The van der Waals surface area contributed by atoms with Crippen molar-refractivity contribution in [3.63, 3.8) is 0 Å². The van der Waals surface area contributed by atoms with E-state index in [2.05, 4.69) is 4.99 Å². The summed E-state index contributed by atoms with van der Waals surface area (Å²) in [6.07, 6.45) is 0.185. The number of hydrogen-bond acceptors (Lipinski definition) is 5. The van der Waals surface area contributed by atoms with Crippen molar-refractivity contribution < 1.29 is 19.1 Å². The maximum Gasteiger partial charge on any atom is 0.305 e. The second kappa shape index (κ2) is 6.20. The van der Waals surface area contributed by atoms with Crippen molar-refractivity contribution in [1.82, 2.24) is 0 Å². The second-order valence-electron chi connectivity index (χ2n) is 3.79. The highest BCUT2D eigenvalue weighted by Gasteiger charge is 2.33. The first kappa shape index (κ1) is 15.0. The Balaban J connectivity index is 3.05. The zero-order valence-electron chi connectivity index (χ0n) is 10.1. The number of aliphatic imine (C=N–C) groups is 1.